The Bertz CT molecular complexity index is 1080. The van der Waals surface area contributed by atoms with Gasteiger partial charge < -0.3 is 0 Å². The van der Waals surface area contributed by atoms with Gasteiger partial charge in [-0.15, -0.1) is 5.10 Å². The molecule has 114 valence electrons. The van der Waals surface area contributed by atoms with Crippen molar-refractivity contribution in [2.75, 3.05) is 0 Å². The number of nitrogens with zero attached hydrogens (tertiary/aromatic N) is 4. The molecule has 1 heterocycles. The number of nitriles is 1. The van der Waals surface area contributed by atoms with Crippen molar-refractivity contribution in [3.8, 4) is 23.0 Å². The summed E-state index contributed by atoms with van der Waals surface area (Å²) in [7, 11) is 0. The quantitative estimate of drug-likeness (QED) is 0.555. The van der Waals surface area contributed by atoms with Gasteiger partial charge >= 0.3 is 0 Å². The van der Waals surface area contributed by atoms with Crippen LogP contribution < -0.4 is 0 Å². The molecule has 0 N–H and O–H groups in total. The summed E-state index contributed by atoms with van der Waals surface area (Å²) in [5.74, 6) is 0. The van der Waals surface area contributed by atoms with Gasteiger partial charge in [-0.2, -0.15) is 5.26 Å². The van der Waals surface area contributed by atoms with Crippen molar-refractivity contribution in [1.82, 2.24) is 15.0 Å². The lowest BCUT2D eigenvalue weighted by molar-refractivity contribution is 0.811. The molecule has 0 radical (unpaired) electrons. The predicted octanol–water partition coefficient (Wildman–Crippen LogP) is 4.27. The first-order valence-electron chi connectivity index (χ1n) is 7.69. The summed E-state index contributed by atoms with van der Waals surface area (Å²) in [4.78, 5) is 0. The largest absolute Gasteiger partial charge is 0.211 e. The van der Waals surface area contributed by atoms with Gasteiger partial charge in [0.2, 0.25) is 0 Å². The van der Waals surface area contributed by atoms with E-state index in [2.05, 4.69) is 34.6 Å². The van der Waals surface area contributed by atoms with Crippen LogP contribution in [0.25, 0.3) is 27.7 Å². The van der Waals surface area contributed by atoms with E-state index in [1.54, 1.807) is 4.68 Å². The van der Waals surface area contributed by atoms with E-state index < -0.39 is 0 Å². The van der Waals surface area contributed by atoms with Gasteiger partial charge in [-0.3, -0.25) is 0 Å². The summed E-state index contributed by atoms with van der Waals surface area (Å²) in [6.07, 6.45) is 0. The number of aromatic nitrogens is 3. The Balaban J connectivity index is 2.03. The summed E-state index contributed by atoms with van der Waals surface area (Å²) in [5, 5.41) is 20.0. The van der Waals surface area contributed by atoms with Crippen LogP contribution >= 0.6 is 0 Å². The molecule has 0 aliphatic carbocycles. The molecular formula is C20H14N4. The molecule has 4 heteroatoms. The molecule has 0 atom stereocenters. The van der Waals surface area contributed by atoms with Crippen LogP contribution in [0, 0.1) is 18.3 Å². The molecule has 4 rings (SSSR count). The molecule has 0 saturated heterocycles. The van der Waals surface area contributed by atoms with Crippen LogP contribution in [0.2, 0.25) is 0 Å². The van der Waals surface area contributed by atoms with Gasteiger partial charge in [0, 0.05) is 10.9 Å². The van der Waals surface area contributed by atoms with Crippen LogP contribution in [0.1, 0.15) is 11.3 Å². The monoisotopic (exact) mass is 310 g/mol. The molecule has 0 amide bonds. The summed E-state index contributed by atoms with van der Waals surface area (Å²) >= 11 is 0. The Morgan fingerprint density at radius 3 is 2.58 bits per heavy atom. The second-order valence-electron chi connectivity index (χ2n) is 5.68. The average Bonchev–Trinajstić information content (AvgIpc) is 3.05. The van der Waals surface area contributed by atoms with E-state index in [1.165, 1.54) is 0 Å². The van der Waals surface area contributed by atoms with Gasteiger partial charge in [-0.1, -0.05) is 65.4 Å². The minimum absolute atomic E-state index is 0.327. The number of fused-ring (bicyclic) bond motifs is 1. The SMILES string of the molecule is Cc1cccc(-c2c(C#N)nnn2-c2cccc3ccccc23)c1. The Hall–Kier alpha value is -3.45. The number of rotatable bonds is 2. The van der Waals surface area contributed by atoms with Gasteiger partial charge in [0.1, 0.15) is 11.8 Å². The van der Waals surface area contributed by atoms with E-state index >= 15 is 0 Å². The van der Waals surface area contributed by atoms with Crippen molar-refractivity contribution >= 4 is 10.8 Å². The standard InChI is InChI=1S/C20H14N4/c1-14-6-4-9-16(12-14)20-18(13-21)22-23-24(20)19-11-5-8-15-7-2-3-10-17(15)19/h2-12H,1H3. The van der Waals surface area contributed by atoms with Crippen molar-refractivity contribution in [1.29, 1.82) is 5.26 Å². The third-order valence-corrected chi connectivity index (χ3v) is 4.06. The zero-order chi connectivity index (χ0) is 16.5. The fraction of sp³-hybridized carbons (Fsp3) is 0.0500. The summed E-state index contributed by atoms with van der Waals surface area (Å²) in [5.41, 5.74) is 4.02. The maximum atomic E-state index is 9.46. The minimum Gasteiger partial charge on any atom is -0.211 e. The summed E-state index contributed by atoms with van der Waals surface area (Å²) < 4.78 is 1.76. The van der Waals surface area contributed by atoms with Crippen LogP contribution in [0.3, 0.4) is 0 Å². The van der Waals surface area contributed by atoms with E-state index in [0.29, 0.717) is 5.69 Å². The van der Waals surface area contributed by atoms with E-state index in [0.717, 1.165) is 33.3 Å². The molecule has 1 aromatic heterocycles. The lowest BCUT2D eigenvalue weighted by atomic mass is 10.1. The third-order valence-electron chi connectivity index (χ3n) is 4.06. The molecule has 0 spiro atoms. The van der Waals surface area contributed by atoms with Crippen molar-refractivity contribution in [3.05, 3.63) is 78.0 Å². The highest BCUT2D eigenvalue weighted by molar-refractivity contribution is 5.90. The highest BCUT2D eigenvalue weighted by Gasteiger charge is 2.17. The molecule has 0 bridgehead atoms. The van der Waals surface area contributed by atoms with Crippen molar-refractivity contribution in [2.45, 2.75) is 6.92 Å². The highest BCUT2D eigenvalue weighted by atomic mass is 15.4. The van der Waals surface area contributed by atoms with Crippen molar-refractivity contribution in [3.63, 3.8) is 0 Å². The number of benzene rings is 3. The Kier molecular flexibility index (Phi) is 3.33. The number of hydrogen-bond acceptors (Lipinski definition) is 3. The second-order valence-corrected chi connectivity index (χ2v) is 5.68. The van der Waals surface area contributed by atoms with Gasteiger partial charge in [-0.05, 0) is 24.4 Å². The first kappa shape index (κ1) is 14.2. The number of hydrogen-bond donors (Lipinski definition) is 0. The van der Waals surface area contributed by atoms with Crippen LogP contribution in [0.5, 0.6) is 0 Å². The highest BCUT2D eigenvalue weighted by Crippen LogP contribution is 2.29. The van der Waals surface area contributed by atoms with Crippen LogP contribution in [0.4, 0.5) is 0 Å². The smallest absolute Gasteiger partial charge is 0.191 e. The molecule has 3 aromatic carbocycles. The van der Waals surface area contributed by atoms with E-state index in [-0.39, 0.29) is 0 Å². The third kappa shape index (κ3) is 2.24. The van der Waals surface area contributed by atoms with Crippen molar-refractivity contribution in [2.24, 2.45) is 0 Å². The first-order valence-corrected chi connectivity index (χ1v) is 7.69. The van der Waals surface area contributed by atoms with Gasteiger partial charge in [-0.25, -0.2) is 4.68 Å². The van der Waals surface area contributed by atoms with Gasteiger partial charge in [0.25, 0.3) is 0 Å². The molecular weight excluding hydrogens is 296 g/mol. The Morgan fingerprint density at radius 1 is 0.958 bits per heavy atom. The van der Waals surface area contributed by atoms with E-state index in [9.17, 15) is 5.26 Å². The molecule has 0 aliphatic rings. The molecule has 0 aliphatic heterocycles. The van der Waals surface area contributed by atoms with Crippen LogP contribution in [-0.4, -0.2) is 15.0 Å². The molecule has 4 aromatic rings. The minimum atomic E-state index is 0.327. The maximum absolute atomic E-state index is 9.46. The zero-order valence-corrected chi connectivity index (χ0v) is 13.1. The average molecular weight is 310 g/mol. The molecule has 0 fully saturated rings. The Labute approximate surface area is 139 Å². The lowest BCUT2D eigenvalue weighted by Crippen LogP contribution is -2.01. The zero-order valence-electron chi connectivity index (χ0n) is 13.1. The molecule has 0 saturated carbocycles. The number of aryl methyl sites for hydroxylation is 1. The summed E-state index contributed by atoms with van der Waals surface area (Å²) in [6.45, 7) is 2.03. The lowest BCUT2D eigenvalue weighted by Gasteiger charge is -2.10. The van der Waals surface area contributed by atoms with E-state index in [1.807, 2.05) is 55.5 Å². The van der Waals surface area contributed by atoms with E-state index in [4.69, 9.17) is 0 Å². The normalized spacial score (nSPS) is 10.7. The molecule has 24 heavy (non-hydrogen) atoms. The summed E-state index contributed by atoms with van der Waals surface area (Å²) in [6, 6.07) is 24.4. The molecule has 0 unspecified atom stereocenters. The Morgan fingerprint density at radius 2 is 1.75 bits per heavy atom. The predicted molar refractivity (Wildman–Crippen MR) is 93.8 cm³/mol. The van der Waals surface area contributed by atoms with Gasteiger partial charge in [0.15, 0.2) is 5.69 Å². The van der Waals surface area contributed by atoms with Crippen LogP contribution in [-0.2, 0) is 0 Å². The topological polar surface area (TPSA) is 54.5 Å². The maximum Gasteiger partial charge on any atom is 0.191 e. The first-order chi connectivity index (χ1) is 11.8. The second kappa shape index (κ2) is 5.64. The molecule has 4 nitrogen and oxygen atoms in total. The fourth-order valence-electron chi connectivity index (χ4n) is 2.97. The van der Waals surface area contributed by atoms with Gasteiger partial charge in [0.05, 0.1) is 5.69 Å². The van der Waals surface area contributed by atoms with Crippen molar-refractivity contribution < 1.29 is 0 Å². The fourth-order valence-corrected chi connectivity index (χ4v) is 2.97. The van der Waals surface area contributed by atoms with Crippen LogP contribution in [0.15, 0.2) is 66.7 Å².